The molecule has 3 heteroatoms. The predicted octanol–water partition coefficient (Wildman–Crippen LogP) is 17.0. The van der Waals surface area contributed by atoms with E-state index in [4.69, 9.17) is 4.42 Å². The summed E-state index contributed by atoms with van der Waals surface area (Å²) in [6.45, 7) is 0. The van der Waals surface area contributed by atoms with Gasteiger partial charge < -0.3 is 4.42 Å². The van der Waals surface area contributed by atoms with Crippen LogP contribution in [0.3, 0.4) is 0 Å². The van der Waals surface area contributed by atoms with Gasteiger partial charge in [-0.2, -0.15) is 0 Å². The molecule has 3 heterocycles. The minimum Gasteiger partial charge on any atom is -0.456 e. The highest BCUT2D eigenvalue weighted by Gasteiger charge is 2.21. The molecule has 0 spiro atoms. The molecule has 0 aliphatic carbocycles. The van der Waals surface area contributed by atoms with Crippen LogP contribution in [-0.4, -0.2) is 9.97 Å². The second kappa shape index (κ2) is 15.0. The summed E-state index contributed by atoms with van der Waals surface area (Å²) in [5.74, 6) is 0. The topological polar surface area (TPSA) is 38.9 Å². The first-order valence-electron chi connectivity index (χ1n) is 22.1. The van der Waals surface area contributed by atoms with Crippen LogP contribution in [0, 0.1) is 0 Å². The Morgan fingerprint density at radius 2 is 0.631 bits per heavy atom. The minimum atomic E-state index is 0.867. The lowest BCUT2D eigenvalue weighted by Gasteiger charge is -2.19. The van der Waals surface area contributed by atoms with Gasteiger partial charge in [-0.3, -0.25) is 9.97 Å². The van der Waals surface area contributed by atoms with Crippen LogP contribution in [0.15, 0.2) is 235 Å². The van der Waals surface area contributed by atoms with E-state index in [9.17, 15) is 0 Å². The van der Waals surface area contributed by atoms with E-state index < -0.39 is 0 Å². The van der Waals surface area contributed by atoms with E-state index in [1.807, 2.05) is 36.9 Å². The van der Waals surface area contributed by atoms with Gasteiger partial charge in [0.1, 0.15) is 11.2 Å². The molecular weight excluding hydrogens is 789 g/mol. The number of pyridine rings is 2. The second-order valence-electron chi connectivity index (χ2n) is 16.9. The molecule has 0 atom stereocenters. The molecule has 10 aromatic carbocycles. The van der Waals surface area contributed by atoms with Gasteiger partial charge in [-0.25, -0.2) is 0 Å². The average molecular weight is 827 g/mol. The summed E-state index contributed by atoms with van der Waals surface area (Å²) in [5, 5.41) is 11.9. The van der Waals surface area contributed by atoms with E-state index in [0.29, 0.717) is 0 Å². The third-order valence-corrected chi connectivity index (χ3v) is 13.2. The van der Waals surface area contributed by atoms with E-state index in [2.05, 4.69) is 204 Å². The molecule has 65 heavy (non-hydrogen) atoms. The highest BCUT2D eigenvalue weighted by molar-refractivity contribution is 6.24. The third-order valence-electron chi connectivity index (χ3n) is 13.2. The summed E-state index contributed by atoms with van der Waals surface area (Å²) in [5.41, 5.74) is 15.6. The Bertz CT molecular complexity index is 3810. The fourth-order valence-electron chi connectivity index (χ4n) is 10.4. The zero-order valence-corrected chi connectivity index (χ0v) is 35.2. The Balaban J connectivity index is 0.994. The van der Waals surface area contributed by atoms with Crippen molar-refractivity contribution < 1.29 is 4.42 Å². The smallest absolute Gasteiger partial charge is 0.136 e. The summed E-state index contributed by atoms with van der Waals surface area (Å²) in [6.07, 6.45) is 7.52. The van der Waals surface area contributed by atoms with Crippen molar-refractivity contribution in [3.8, 4) is 66.8 Å². The molecule has 0 unspecified atom stereocenters. The number of hydrogen-bond acceptors (Lipinski definition) is 3. The molecular formula is C62H38N2O. The van der Waals surface area contributed by atoms with Crippen LogP contribution in [0.25, 0.3) is 132 Å². The summed E-state index contributed by atoms with van der Waals surface area (Å²) < 4.78 is 6.77. The zero-order chi connectivity index (χ0) is 42.8. The van der Waals surface area contributed by atoms with Gasteiger partial charge in [-0.15, -0.1) is 0 Å². The molecule has 0 aliphatic heterocycles. The molecule has 0 amide bonds. The van der Waals surface area contributed by atoms with E-state index >= 15 is 0 Å². The van der Waals surface area contributed by atoms with Crippen LogP contribution in [-0.2, 0) is 0 Å². The Kier molecular flexibility index (Phi) is 8.53. The third kappa shape index (κ3) is 6.05. The summed E-state index contributed by atoms with van der Waals surface area (Å²) >= 11 is 0. The van der Waals surface area contributed by atoms with Gasteiger partial charge in [-0.1, -0.05) is 152 Å². The maximum absolute atomic E-state index is 6.77. The second-order valence-corrected chi connectivity index (χ2v) is 16.9. The SMILES string of the molecule is c1ccc(-c2c3ccccc3c(-c3ccc4oc5cc(-c6c7ccccc7c(-c7cc(-c8cccnc8)cc(-c8cccnc8)c7)c7ccccc67)ccc5c4c3)c3ccccc23)cc1. The van der Waals surface area contributed by atoms with Crippen molar-refractivity contribution in [3.63, 3.8) is 0 Å². The Morgan fingerprint density at radius 1 is 0.231 bits per heavy atom. The van der Waals surface area contributed by atoms with Gasteiger partial charge in [0.05, 0.1) is 0 Å². The number of rotatable bonds is 6. The van der Waals surface area contributed by atoms with Crippen LogP contribution in [0.1, 0.15) is 0 Å². The Hall–Kier alpha value is -8.66. The molecule has 3 nitrogen and oxygen atoms in total. The van der Waals surface area contributed by atoms with Crippen LogP contribution in [0.4, 0.5) is 0 Å². The fraction of sp³-hybridized carbons (Fsp3) is 0. The lowest BCUT2D eigenvalue weighted by Crippen LogP contribution is -1.92. The van der Waals surface area contributed by atoms with Crippen molar-refractivity contribution in [1.29, 1.82) is 0 Å². The highest BCUT2D eigenvalue weighted by atomic mass is 16.3. The van der Waals surface area contributed by atoms with Gasteiger partial charge in [0.25, 0.3) is 0 Å². The standard InChI is InChI=1S/C62H38N2O/c1-2-14-39(15-3-1)59-48-18-4-6-20-50(48)60(51-21-7-5-19-49(51)59)40-27-29-57-56(35-40)47-28-26-41(36-58(47)65-57)61-52-22-8-10-24-54(52)62(55-25-11-9-23-53(55)61)46-33-44(42-16-12-30-63-37-42)32-45(34-46)43-17-13-31-64-38-43/h1-38H. The largest absolute Gasteiger partial charge is 0.456 e. The molecule has 3 aromatic heterocycles. The number of hydrogen-bond donors (Lipinski definition) is 0. The summed E-state index contributed by atoms with van der Waals surface area (Å²) in [6, 6.07) is 74.7. The van der Waals surface area contributed by atoms with Gasteiger partial charge >= 0.3 is 0 Å². The first kappa shape index (κ1) is 36.9. The number of aromatic nitrogens is 2. The van der Waals surface area contributed by atoms with E-state index in [0.717, 1.165) is 55.3 Å². The Labute approximate surface area is 375 Å². The van der Waals surface area contributed by atoms with Crippen LogP contribution >= 0.6 is 0 Å². The lowest BCUT2D eigenvalue weighted by molar-refractivity contribution is 0.669. The molecule has 0 N–H and O–H groups in total. The van der Waals surface area contributed by atoms with Gasteiger partial charge in [0, 0.05) is 46.7 Å². The van der Waals surface area contributed by atoms with Crippen LogP contribution in [0.5, 0.6) is 0 Å². The average Bonchev–Trinajstić information content (AvgIpc) is 3.75. The first-order chi connectivity index (χ1) is 32.2. The minimum absolute atomic E-state index is 0.867. The number of furan rings is 1. The molecule has 0 saturated carbocycles. The molecule has 0 fully saturated rings. The zero-order valence-electron chi connectivity index (χ0n) is 35.2. The summed E-state index contributed by atoms with van der Waals surface area (Å²) in [4.78, 5) is 8.96. The van der Waals surface area contributed by atoms with Crippen molar-refractivity contribution in [2.75, 3.05) is 0 Å². The first-order valence-corrected chi connectivity index (χ1v) is 22.1. The number of benzene rings is 10. The normalized spacial score (nSPS) is 11.7. The van der Waals surface area contributed by atoms with Gasteiger partial charge in [0.2, 0.25) is 0 Å². The monoisotopic (exact) mass is 826 g/mol. The van der Waals surface area contributed by atoms with Gasteiger partial charge in [0.15, 0.2) is 0 Å². The Morgan fingerprint density at radius 3 is 1.11 bits per heavy atom. The maximum Gasteiger partial charge on any atom is 0.136 e. The number of nitrogens with zero attached hydrogens (tertiary/aromatic N) is 2. The van der Waals surface area contributed by atoms with Crippen molar-refractivity contribution >= 4 is 65.0 Å². The van der Waals surface area contributed by atoms with E-state index in [1.54, 1.807) is 0 Å². The van der Waals surface area contributed by atoms with Crippen molar-refractivity contribution in [3.05, 3.63) is 231 Å². The highest BCUT2D eigenvalue weighted by Crippen LogP contribution is 2.48. The molecule has 302 valence electrons. The summed E-state index contributed by atoms with van der Waals surface area (Å²) in [7, 11) is 0. The molecule has 13 rings (SSSR count). The van der Waals surface area contributed by atoms with Crippen molar-refractivity contribution in [2.45, 2.75) is 0 Å². The van der Waals surface area contributed by atoms with Crippen LogP contribution < -0.4 is 0 Å². The fourth-order valence-corrected chi connectivity index (χ4v) is 10.4. The van der Waals surface area contributed by atoms with E-state index in [-0.39, 0.29) is 0 Å². The van der Waals surface area contributed by atoms with Crippen LogP contribution in [0.2, 0.25) is 0 Å². The van der Waals surface area contributed by atoms with Gasteiger partial charge in [-0.05, 0) is 153 Å². The molecule has 0 saturated heterocycles. The van der Waals surface area contributed by atoms with E-state index in [1.165, 1.54) is 76.5 Å². The maximum atomic E-state index is 6.77. The van der Waals surface area contributed by atoms with Crippen molar-refractivity contribution in [2.24, 2.45) is 0 Å². The molecule has 0 aliphatic rings. The quantitative estimate of drug-likeness (QED) is 0.157. The van der Waals surface area contributed by atoms with Crippen molar-refractivity contribution in [1.82, 2.24) is 9.97 Å². The molecule has 13 aromatic rings. The molecule has 0 radical (unpaired) electrons. The predicted molar refractivity (Wildman–Crippen MR) is 272 cm³/mol. The number of fused-ring (bicyclic) bond motifs is 7. The lowest BCUT2D eigenvalue weighted by atomic mass is 9.84. The molecule has 0 bridgehead atoms.